The normalized spacial score (nSPS) is 12.2. The van der Waals surface area contributed by atoms with Gasteiger partial charge in [0, 0.05) is 17.5 Å². The van der Waals surface area contributed by atoms with Gasteiger partial charge in [-0.15, -0.1) is 0 Å². The molecule has 5 rings (SSSR count). The van der Waals surface area contributed by atoms with Crippen molar-refractivity contribution in [1.82, 2.24) is 10.3 Å². The number of rotatable bonds is 4. The lowest BCUT2D eigenvalue weighted by Gasteiger charge is -2.15. The molecule has 1 N–H and O–H groups in total. The number of nitrogens with one attached hydrogen (secondary N) is 1. The van der Waals surface area contributed by atoms with E-state index in [4.69, 9.17) is 14.5 Å². The lowest BCUT2D eigenvalue weighted by molar-refractivity contribution is 0.0952. The van der Waals surface area contributed by atoms with Crippen molar-refractivity contribution in [2.24, 2.45) is 0 Å². The number of para-hydroxylation sites is 1. The molecule has 0 bridgehead atoms. The maximum absolute atomic E-state index is 13.3. The van der Waals surface area contributed by atoms with Gasteiger partial charge in [0.05, 0.1) is 16.8 Å². The number of benzene rings is 3. The van der Waals surface area contributed by atoms with Gasteiger partial charge in [-0.1, -0.05) is 54.6 Å². The molecular formula is C25H20N2O3. The highest BCUT2D eigenvalue weighted by molar-refractivity contribution is 6.08. The van der Waals surface area contributed by atoms with Crippen LogP contribution in [0.4, 0.5) is 0 Å². The van der Waals surface area contributed by atoms with E-state index in [-0.39, 0.29) is 12.7 Å². The van der Waals surface area contributed by atoms with Crippen LogP contribution >= 0.6 is 0 Å². The largest absolute Gasteiger partial charge is 0.454 e. The topological polar surface area (TPSA) is 60.5 Å². The van der Waals surface area contributed by atoms with E-state index in [1.54, 1.807) is 0 Å². The van der Waals surface area contributed by atoms with Crippen LogP contribution < -0.4 is 14.8 Å². The van der Waals surface area contributed by atoms with E-state index < -0.39 is 0 Å². The zero-order valence-electron chi connectivity index (χ0n) is 16.5. The van der Waals surface area contributed by atoms with Crippen molar-refractivity contribution in [3.63, 3.8) is 0 Å². The molecule has 148 valence electrons. The molecule has 5 heteroatoms. The molecule has 30 heavy (non-hydrogen) atoms. The summed E-state index contributed by atoms with van der Waals surface area (Å²) in [5.41, 5.74) is 5.08. The van der Waals surface area contributed by atoms with Crippen LogP contribution in [0.1, 0.15) is 21.5 Å². The zero-order valence-corrected chi connectivity index (χ0v) is 16.5. The lowest BCUT2D eigenvalue weighted by atomic mass is 9.97. The van der Waals surface area contributed by atoms with Gasteiger partial charge in [0.15, 0.2) is 11.5 Å². The van der Waals surface area contributed by atoms with Crippen molar-refractivity contribution in [3.05, 3.63) is 89.5 Å². The Labute approximate surface area is 174 Å². The van der Waals surface area contributed by atoms with Gasteiger partial charge < -0.3 is 14.8 Å². The summed E-state index contributed by atoms with van der Waals surface area (Å²) in [7, 11) is 0. The standard InChI is InChI=1S/C25H20N2O3/c1-16-23(25(28)26-14-17-11-12-21-22(13-17)30-15-29-21)19-9-5-6-10-20(19)27-24(16)18-7-3-2-4-8-18/h2-13H,14-15H2,1H3,(H,26,28). The minimum absolute atomic E-state index is 0.124. The minimum Gasteiger partial charge on any atom is -0.454 e. The molecule has 0 atom stereocenters. The number of amides is 1. The highest BCUT2D eigenvalue weighted by atomic mass is 16.7. The first-order valence-electron chi connectivity index (χ1n) is 9.82. The predicted octanol–water partition coefficient (Wildman–Crippen LogP) is 4.87. The summed E-state index contributed by atoms with van der Waals surface area (Å²) >= 11 is 0. The lowest BCUT2D eigenvalue weighted by Crippen LogP contribution is -2.24. The fourth-order valence-corrected chi connectivity index (χ4v) is 3.80. The third kappa shape index (κ3) is 3.24. The van der Waals surface area contributed by atoms with Gasteiger partial charge in [-0.2, -0.15) is 0 Å². The molecule has 1 aromatic heterocycles. The number of ether oxygens (including phenoxy) is 2. The fraction of sp³-hybridized carbons (Fsp3) is 0.120. The molecule has 4 aromatic rings. The summed E-state index contributed by atoms with van der Waals surface area (Å²) in [5, 5.41) is 3.90. The Kier molecular flexibility index (Phi) is 4.56. The number of fused-ring (bicyclic) bond motifs is 2. The Morgan fingerprint density at radius 2 is 1.73 bits per heavy atom. The van der Waals surface area contributed by atoms with Crippen molar-refractivity contribution in [2.75, 3.05) is 6.79 Å². The summed E-state index contributed by atoms with van der Waals surface area (Å²) in [4.78, 5) is 18.1. The quantitative estimate of drug-likeness (QED) is 0.535. The second-order valence-electron chi connectivity index (χ2n) is 7.21. The van der Waals surface area contributed by atoms with Crippen molar-refractivity contribution in [2.45, 2.75) is 13.5 Å². The molecule has 3 aromatic carbocycles. The van der Waals surface area contributed by atoms with Gasteiger partial charge in [0.2, 0.25) is 6.79 Å². The molecule has 0 saturated heterocycles. The molecule has 0 saturated carbocycles. The van der Waals surface area contributed by atoms with Crippen molar-refractivity contribution < 1.29 is 14.3 Å². The molecule has 0 aliphatic carbocycles. The molecule has 1 amide bonds. The highest BCUT2D eigenvalue weighted by Gasteiger charge is 2.19. The Balaban J connectivity index is 1.51. The number of nitrogens with zero attached hydrogens (tertiary/aromatic N) is 1. The average Bonchev–Trinajstić information content (AvgIpc) is 3.25. The third-order valence-electron chi connectivity index (χ3n) is 5.30. The number of carbonyl (C=O) groups is 1. The fourth-order valence-electron chi connectivity index (χ4n) is 3.80. The van der Waals surface area contributed by atoms with E-state index in [9.17, 15) is 4.79 Å². The predicted molar refractivity (Wildman–Crippen MR) is 116 cm³/mol. The van der Waals surface area contributed by atoms with Crippen LogP contribution in [-0.2, 0) is 6.54 Å². The summed E-state index contributed by atoms with van der Waals surface area (Å²) < 4.78 is 10.8. The van der Waals surface area contributed by atoms with Crippen LogP contribution in [0, 0.1) is 6.92 Å². The summed E-state index contributed by atoms with van der Waals surface area (Å²) in [6.45, 7) is 2.58. The highest BCUT2D eigenvalue weighted by Crippen LogP contribution is 2.33. The van der Waals surface area contributed by atoms with Crippen LogP contribution in [0.5, 0.6) is 11.5 Å². The van der Waals surface area contributed by atoms with Crippen LogP contribution in [0.3, 0.4) is 0 Å². The van der Waals surface area contributed by atoms with Crippen LogP contribution in [0.25, 0.3) is 22.2 Å². The Bertz CT molecular complexity index is 1250. The average molecular weight is 396 g/mol. The number of carbonyl (C=O) groups excluding carboxylic acids is 1. The van der Waals surface area contributed by atoms with E-state index in [1.165, 1.54) is 0 Å². The third-order valence-corrected chi connectivity index (χ3v) is 5.30. The number of hydrogen-bond donors (Lipinski definition) is 1. The van der Waals surface area contributed by atoms with Crippen LogP contribution in [0.15, 0.2) is 72.8 Å². The van der Waals surface area contributed by atoms with E-state index in [2.05, 4.69) is 5.32 Å². The summed E-state index contributed by atoms with van der Waals surface area (Å²) in [6, 6.07) is 23.4. The maximum atomic E-state index is 13.3. The number of pyridine rings is 1. The van der Waals surface area contributed by atoms with E-state index in [0.717, 1.165) is 39.0 Å². The van der Waals surface area contributed by atoms with E-state index in [1.807, 2.05) is 79.7 Å². The molecule has 1 aliphatic heterocycles. The van der Waals surface area contributed by atoms with Gasteiger partial charge in [-0.3, -0.25) is 4.79 Å². The van der Waals surface area contributed by atoms with Gasteiger partial charge in [-0.25, -0.2) is 4.98 Å². The molecule has 1 aliphatic rings. The second-order valence-corrected chi connectivity index (χ2v) is 7.21. The van der Waals surface area contributed by atoms with Gasteiger partial charge >= 0.3 is 0 Å². The van der Waals surface area contributed by atoms with Gasteiger partial charge in [0.1, 0.15) is 0 Å². The zero-order chi connectivity index (χ0) is 20.5. The number of hydrogen-bond acceptors (Lipinski definition) is 4. The molecule has 5 nitrogen and oxygen atoms in total. The van der Waals surface area contributed by atoms with E-state index >= 15 is 0 Å². The summed E-state index contributed by atoms with van der Waals surface area (Å²) in [6.07, 6.45) is 0. The Hall–Kier alpha value is -3.86. The molecule has 0 spiro atoms. The molecule has 0 fully saturated rings. The first-order chi connectivity index (χ1) is 14.7. The van der Waals surface area contributed by atoms with Crippen molar-refractivity contribution >= 4 is 16.8 Å². The number of aromatic nitrogens is 1. The second kappa shape index (κ2) is 7.52. The first-order valence-corrected chi connectivity index (χ1v) is 9.82. The molecule has 2 heterocycles. The van der Waals surface area contributed by atoms with Gasteiger partial charge in [-0.05, 0) is 36.2 Å². The maximum Gasteiger partial charge on any atom is 0.252 e. The SMILES string of the molecule is Cc1c(-c2ccccc2)nc2ccccc2c1C(=O)NCc1ccc2c(c1)OCO2. The molecule has 0 radical (unpaired) electrons. The van der Waals surface area contributed by atoms with Crippen LogP contribution in [0.2, 0.25) is 0 Å². The minimum atomic E-state index is -0.124. The molecular weight excluding hydrogens is 376 g/mol. The Morgan fingerprint density at radius 1 is 0.967 bits per heavy atom. The van der Waals surface area contributed by atoms with Crippen molar-refractivity contribution in [1.29, 1.82) is 0 Å². The first kappa shape index (κ1) is 18.2. The smallest absolute Gasteiger partial charge is 0.252 e. The van der Waals surface area contributed by atoms with Gasteiger partial charge in [0.25, 0.3) is 5.91 Å². The monoisotopic (exact) mass is 396 g/mol. The summed E-state index contributed by atoms with van der Waals surface area (Å²) in [5.74, 6) is 1.31. The van der Waals surface area contributed by atoms with Crippen LogP contribution in [-0.4, -0.2) is 17.7 Å². The van der Waals surface area contributed by atoms with E-state index in [0.29, 0.717) is 17.9 Å². The molecule has 0 unspecified atom stereocenters. The van der Waals surface area contributed by atoms with Crippen molar-refractivity contribution in [3.8, 4) is 22.8 Å². The Morgan fingerprint density at radius 3 is 2.60 bits per heavy atom.